The van der Waals surface area contributed by atoms with Gasteiger partial charge in [-0.1, -0.05) is 54.6 Å². The monoisotopic (exact) mass is 394 g/mol. The summed E-state index contributed by atoms with van der Waals surface area (Å²) < 4.78 is 0. The molecule has 4 rings (SSSR count). The first-order chi connectivity index (χ1) is 14.6. The minimum Gasteiger partial charge on any atom is -0.326 e. The molecule has 2 amide bonds. The zero-order valence-electron chi connectivity index (χ0n) is 16.7. The Hall–Kier alpha value is -3.92. The zero-order chi connectivity index (χ0) is 20.9. The van der Waals surface area contributed by atoms with Crippen molar-refractivity contribution in [3.8, 4) is 0 Å². The standard InChI is InChI=1S/C26H22N2O2/c1-18-6-4-10-23(16-18)28-26(30)20-12-14-22(15-13-20)27-25(29)17-21-9-5-8-19-7-2-3-11-24(19)21/h2-16H,17H2,1H3,(H,27,29)(H,28,30). The van der Waals surface area contributed by atoms with E-state index in [4.69, 9.17) is 0 Å². The second-order valence-electron chi connectivity index (χ2n) is 7.26. The highest BCUT2D eigenvalue weighted by atomic mass is 16.2. The fourth-order valence-electron chi connectivity index (χ4n) is 3.46. The van der Waals surface area contributed by atoms with Crippen molar-refractivity contribution in [1.29, 1.82) is 0 Å². The Morgan fingerprint density at radius 3 is 2.27 bits per heavy atom. The smallest absolute Gasteiger partial charge is 0.255 e. The molecular formula is C26H22N2O2. The lowest BCUT2D eigenvalue weighted by Crippen LogP contribution is -2.15. The predicted molar refractivity (Wildman–Crippen MR) is 122 cm³/mol. The Morgan fingerprint density at radius 1 is 0.733 bits per heavy atom. The van der Waals surface area contributed by atoms with Crippen molar-refractivity contribution in [2.24, 2.45) is 0 Å². The van der Waals surface area contributed by atoms with Crippen LogP contribution in [-0.2, 0) is 11.2 Å². The van der Waals surface area contributed by atoms with Crippen LogP contribution in [-0.4, -0.2) is 11.8 Å². The normalized spacial score (nSPS) is 10.6. The minimum absolute atomic E-state index is 0.0942. The van der Waals surface area contributed by atoms with E-state index in [9.17, 15) is 9.59 Å². The van der Waals surface area contributed by atoms with E-state index in [0.717, 1.165) is 27.6 Å². The van der Waals surface area contributed by atoms with Gasteiger partial charge in [0, 0.05) is 16.9 Å². The average Bonchev–Trinajstić information content (AvgIpc) is 2.74. The zero-order valence-corrected chi connectivity index (χ0v) is 16.7. The van der Waals surface area contributed by atoms with Gasteiger partial charge in [-0.2, -0.15) is 0 Å². The third-order valence-electron chi connectivity index (χ3n) is 4.94. The summed E-state index contributed by atoms with van der Waals surface area (Å²) in [4.78, 5) is 25.0. The van der Waals surface area contributed by atoms with Crippen LogP contribution in [0.4, 0.5) is 11.4 Å². The molecule has 4 aromatic rings. The summed E-state index contributed by atoms with van der Waals surface area (Å²) in [5.41, 5.74) is 4.01. The number of carbonyl (C=O) groups excluding carboxylic acids is 2. The first-order valence-electron chi connectivity index (χ1n) is 9.83. The lowest BCUT2D eigenvalue weighted by Gasteiger charge is -2.09. The van der Waals surface area contributed by atoms with Gasteiger partial charge in [0.15, 0.2) is 0 Å². The van der Waals surface area contributed by atoms with Crippen LogP contribution in [0.2, 0.25) is 0 Å². The molecule has 148 valence electrons. The van der Waals surface area contributed by atoms with Crippen molar-refractivity contribution >= 4 is 34.0 Å². The number of amides is 2. The molecule has 0 aliphatic carbocycles. The van der Waals surface area contributed by atoms with E-state index in [0.29, 0.717) is 11.3 Å². The maximum absolute atomic E-state index is 12.5. The molecule has 0 saturated carbocycles. The summed E-state index contributed by atoms with van der Waals surface area (Å²) >= 11 is 0. The van der Waals surface area contributed by atoms with Gasteiger partial charge in [-0.3, -0.25) is 9.59 Å². The lowest BCUT2D eigenvalue weighted by molar-refractivity contribution is -0.115. The number of nitrogens with one attached hydrogen (secondary N) is 2. The van der Waals surface area contributed by atoms with E-state index in [1.54, 1.807) is 24.3 Å². The molecular weight excluding hydrogens is 372 g/mol. The van der Waals surface area contributed by atoms with Crippen molar-refractivity contribution in [2.45, 2.75) is 13.3 Å². The van der Waals surface area contributed by atoms with Gasteiger partial charge < -0.3 is 10.6 Å². The quantitative estimate of drug-likeness (QED) is 0.464. The Bertz CT molecular complexity index is 1210. The molecule has 0 saturated heterocycles. The number of hydrogen-bond donors (Lipinski definition) is 2. The molecule has 0 atom stereocenters. The van der Waals surface area contributed by atoms with Gasteiger partial charge >= 0.3 is 0 Å². The first kappa shape index (κ1) is 19.4. The first-order valence-corrected chi connectivity index (χ1v) is 9.83. The van der Waals surface area contributed by atoms with Crippen molar-refractivity contribution < 1.29 is 9.59 Å². The van der Waals surface area contributed by atoms with Gasteiger partial charge in [-0.05, 0) is 65.2 Å². The van der Waals surface area contributed by atoms with Crippen molar-refractivity contribution in [3.05, 3.63) is 108 Å². The number of anilines is 2. The fourth-order valence-corrected chi connectivity index (χ4v) is 3.46. The molecule has 0 heterocycles. The van der Waals surface area contributed by atoms with Crippen LogP contribution < -0.4 is 10.6 Å². The molecule has 0 bridgehead atoms. The summed E-state index contributed by atoms with van der Waals surface area (Å²) in [6.07, 6.45) is 0.289. The number of fused-ring (bicyclic) bond motifs is 1. The second kappa shape index (κ2) is 8.62. The van der Waals surface area contributed by atoms with Crippen molar-refractivity contribution in [3.63, 3.8) is 0 Å². The summed E-state index contributed by atoms with van der Waals surface area (Å²) in [6, 6.07) is 28.6. The Kier molecular flexibility index (Phi) is 5.57. The van der Waals surface area contributed by atoms with Gasteiger partial charge in [0.25, 0.3) is 5.91 Å². The number of aryl methyl sites for hydroxylation is 1. The maximum atomic E-state index is 12.5. The highest BCUT2D eigenvalue weighted by Crippen LogP contribution is 2.20. The van der Waals surface area contributed by atoms with Gasteiger partial charge in [0.1, 0.15) is 0 Å². The largest absolute Gasteiger partial charge is 0.326 e. The van der Waals surface area contributed by atoms with Crippen molar-refractivity contribution in [2.75, 3.05) is 10.6 Å². The lowest BCUT2D eigenvalue weighted by atomic mass is 10.0. The van der Waals surface area contributed by atoms with E-state index in [2.05, 4.69) is 10.6 Å². The molecule has 0 fully saturated rings. The van der Waals surface area contributed by atoms with Crippen LogP contribution in [0.5, 0.6) is 0 Å². The Balaban J connectivity index is 1.40. The molecule has 4 aromatic carbocycles. The fraction of sp³-hybridized carbons (Fsp3) is 0.0769. The summed E-state index contributed by atoms with van der Waals surface area (Å²) in [5, 5.41) is 7.99. The molecule has 0 aliphatic heterocycles. The number of rotatable bonds is 5. The Labute approximate surface area is 175 Å². The van der Waals surface area contributed by atoms with Crippen LogP contribution in [0.25, 0.3) is 10.8 Å². The number of hydrogen-bond acceptors (Lipinski definition) is 2. The van der Waals surface area contributed by atoms with Crippen LogP contribution in [0.3, 0.4) is 0 Å². The van der Waals surface area contributed by atoms with E-state index in [-0.39, 0.29) is 18.2 Å². The molecule has 4 nitrogen and oxygen atoms in total. The molecule has 0 spiro atoms. The molecule has 2 N–H and O–H groups in total. The van der Waals surface area contributed by atoms with Crippen molar-refractivity contribution in [1.82, 2.24) is 0 Å². The van der Waals surface area contributed by atoms with Crippen LogP contribution >= 0.6 is 0 Å². The summed E-state index contributed by atoms with van der Waals surface area (Å²) in [5.74, 6) is -0.280. The van der Waals surface area contributed by atoms with Gasteiger partial charge in [0.05, 0.1) is 6.42 Å². The molecule has 0 aliphatic rings. The molecule has 0 radical (unpaired) electrons. The minimum atomic E-state index is -0.186. The van der Waals surface area contributed by atoms with Gasteiger partial charge in [-0.25, -0.2) is 0 Å². The highest BCUT2D eigenvalue weighted by Gasteiger charge is 2.09. The Morgan fingerprint density at radius 2 is 1.47 bits per heavy atom. The molecule has 0 aromatic heterocycles. The van der Waals surface area contributed by atoms with Crippen LogP contribution in [0.1, 0.15) is 21.5 Å². The van der Waals surface area contributed by atoms with Crippen LogP contribution in [0.15, 0.2) is 91.0 Å². The third-order valence-corrected chi connectivity index (χ3v) is 4.94. The third kappa shape index (κ3) is 4.55. The van der Waals surface area contributed by atoms with E-state index >= 15 is 0 Å². The van der Waals surface area contributed by atoms with Gasteiger partial charge in [0.2, 0.25) is 5.91 Å². The molecule has 4 heteroatoms. The topological polar surface area (TPSA) is 58.2 Å². The molecule has 30 heavy (non-hydrogen) atoms. The highest BCUT2D eigenvalue weighted by molar-refractivity contribution is 6.04. The molecule has 0 unspecified atom stereocenters. The SMILES string of the molecule is Cc1cccc(NC(=O)c2ccc(NC(=O)Cc3cccc4ccccc34)cc2)c1. The van der Waals surface area contributed by atoms with E-state index in [1.807, 2.05) is 73.7 Å². The number of benzene rings is 4. The van der Waals surface area contributed by atoms with E-state index in [1.165, 1.54) is 0 Å². The second-order valence-corrected chi connectivity index (χ2v) is 7.26. The van der Waals surface area contributed by atoms with Gasteiger partial charge in [-0.15, -0.1) is 0 Å². The van der Waals surface area contributed by atoms with Crippen LogP contribution in [0, 0.1) is 6.92 Å². The average molecular weight is 394 g/mol. The predicted octanol–water partition coefficient (Wildman–Crippen LogP) is 5.58. The summed E-state index contributed by atoms with van der Waals surface area (Å²) in [6.45, 7) is 1.98. The number of carbonyl (C=O) groups is 2. The van der Waals surface area contributed by atoms with E-state index < -0.39 is 0 Å². The summed E-state index contributed by atoms with van der Waals surface area (Å²) in [7, 11) is 0. The maximum Gasteiger partial charge on any atom is 0.255 e.